The molecule has 0 unspecified atom stereocenters. The van der Waals surface area contributed by atoms with Gasteiger partial charge in [0.25, 0.3) is 0 Å². The number of esters is 5. The monoisotopic (exact) mass is 617 g/mol. The van der Waals surface area contributed by atoms with E-state index in [0.29, 0.717) is 0 Å². The lowest BCUT2D eigenvalue weighted by molar-refractivity contribution is -0.138. The lowest BCUT2D eigenvalue weighted by Gasteiger charge is -2.20. The van der Waals surface area contributed by atoms with Crippen molar-refractivity contribution in [3.05, 3.63) is 84.0 Å². The van der Waals surface area contributed by atoms with Crippen LogP contribution in [0.3, 0.4) is 0 Å². The fraction of sp³-hybridized carbons (Fsp3) is 0.267. The Labute approximate surface area is 266 Å². The van der Waals surface area contributed by atoms with E-state index in [-0.39, 0.29) is 44.3 Å². The largest absolute Gasteiger partial charge is 0.478 e. The van der Waals surface area contributed by atoms with E-state index in [1.807, 2.05) is 0 Å². The van der Waals surface area contributed by atoms with E-state index >= 15 is 0 Å². The van der Waals surface area contributed by atoms with E-state index in [9.17, 15) is 28.8 Å². The van der Waals surface area contributed by atoms with Crippen LogP contribution in [0.5, 0.6) is 11.5 Å². The molecule has 0 atom stereocenters. The number of hydrogen-bond acceptors (Lipinski definition) is 11. The van der Waals surface area contributed by atoms with Crippen LogP contribution in [0.15, 0.2) is 72.8 Å². The van der Waals surface area contributed by atoms with Gasteiger partial charge in [0.05, 0.1) is 13.2 Å². The molecule has 0 saturated heterocycles. The van der Waals surface area contributed by atoms with E-state index in [0.717, 1.165) is 24.3 Å². The molecule has 233 valence electrons. The second-order valence-corrected chi connectivity index (χ2v) is 8.81. The van der Waals surface area contributed by atoms with Gasteiger partial charge in [-0.2, -0.15) is 0 Å². The molecule has 1 N–H and O–H groups in total. The van der Waals surface area contributed by atoms with E-state index in [1.165, 1.54) is 36.4 Å². The summed E-state index contributed by atoms with van der Waals surface area (Å²) in [4.78, 5) is 68.2. The number of carboxylic acid groups (broad SMARTS) is 1. The number of carboxylic acids is 1. The second kappa shape index (κ2) is 22.5. The van der Waals surface area contributed by atoms with E-state index in [4.69, 9.17) is 19.3 Å². The second-order valence-electron chi connectivity index (χ2n) is 8.81. The summed E-state index contributed by atoms with van der Waals surface area (Å²) in [5.74, 6) is -4.83. The van der Waals surface area contributed by atoms with Crippen LogP contribution in [-0.4, -0.2) is 83.6 Å². The number of aromatic carboxylic acids is 1. The molecule has 0 amide bonds. The Morgan fingerprint density at radius 3 is 1.40 bits per heavy atom. The molecule has 0 aliphatic rings. The smallest absolute Gasteiger partial charge is 0.342 e. The van der Waals surface area contributed by atoms with Gasteiger partial charge in [-0.05, 0) is 58.9 Å². The Bertz CT molecular complexity index is 1350. The molecular formula is C30H32B3O12. The van der Waals surface area contributed by atoms with Gasteiger partial charge in [-0.3, -0.25) is 0 Å². The third-order valence-corrected chi connectivity index (χ3v) is 4.33. The number of rotatable bonds is 10. The fourth-order valence-electron chi connectivity index (χ4n) is 2.73. The van der Waals surface area contributed by atoms with Crippen molar-refractivity contribution in [3.8, 4) is 11.5 Å². The molecule has 12 nitrogen and oxygen atoms in total. The molecule has 2 rings (SSSR count). The highest BCUT2D eigenvalue weighted by Gasteiger charge is 2.21. The maximum absolute atomic E-state index is 12.1. The van der Waals surface area contributed by atoms with Gasteiger partial charge in [-0.25, -0.2) is 28.8 Å². The molecule has 0 aliphatic heterocycles. The Morgan fingerprint density at radius 2 is 1.02 bits per heavy atom. The van der Waals surface area contributed by atoms with E-state index in [2.05, 4.69) is 24.9 Å². The summed E-state index contributed by atoms with van der Waals surface area (Å²) in [5.41, 5.74) is -0.682. The highest BCUT2D eigenvalue weighted by molar-refractivity contribution is 6.75. The summed E-state index contributed by atoms with van der Waals surface area (Å²) in [6.07, 6.45) is 3.68. The zero-order chi connectivity index (χ0) is 33.7. The molecule has 2 aromatic rings. The number of carbonyl (C=O) groups is 6. The van der Waals surface area contributed by atoms with Crippen molar-refractivity contribution in [1.82, 2.24) is 0 Å². The lowest BCUT2D eigenvalue weighted by atomic mass is 9.81. The molecule has 0 heterocycles. The number of para-hydroxylation sites is 2. The maximum Gasteiger partial charge on any atom is 0.342 e. The third kappa shape index (κ3) is 18.3. The van der Waals surface area contributed by atoms with Crippen LogP contribution in [0, 0.1) is 0 Å². The third-order valence-electron chi connectivity index (χ3n) is 4.33. The van der Waals surface area contributed by atoms with Crippen LogP contribution >= 0.6 is 0 Å². The van der Waals surface area contributed by atoms with Crippen LogP contribution < -0.4 is 9.47 Å². The summed E-state index contributed by atoms with van der Waals surface area (Å²) < 4.78 is 24.4. The van der Waals surface area contributed by atoms with Gasteiger partial charge in [0, 0.05) is 48.2 Å². The molecule has 45 heavy (non-hydrogen) atoms. The van der Waals surface area contributed by atoms with Gasteiger partial charge in [0.2, 0.25) is 0 Å². The van der Waals surface area contributed by atoms with Gasteiger partial charge in [0.1, 0.15) is 28.2 Å². The molecule has 2 aromatic carbocycles. The summed E-state index contributed by atoms with van der Waals surface area (Å²) in [7, 11) is 8.00. The summed E-state index contributed by atoms with van der Waals surface area (Å²) in [6.45, 7) is 8.90. The van der Waals surface area contributed by atoms with Crippen LogP contribution in [0.25, 0.3) is 0 Å². The molecule has 0 aromatic heterocycles. The quantitative estimate of drug-likeness (QED) is 0.136. The minimum Gasteiger partial charge on any atom is -0.478 e. The topological polar surface area (TPSA) is 169 Å². The van der Waals surface area contributed by atoms with Crippen molar-refractivity contribution in [2.45, 2.75) is 40.2 Å². The lowest BCUT2D eigenvalue weighted by Crippen LogP contribution is -2.24. The fourth-order valence-corrected chi connectivity index (χ4v) is 2.73. The van der Waals surface area contributed by atoms with Crippen LogP contribution in [0.4, 0.5) is 0 Å². The van der Waals surface area contributed by atoms with Gasteiger partial charge in [-0.1, -0.05) is 24.3 Å². The van der Waals surface area contributed by atoms with Gasteiger partial charge < -0.3 is 28.8 Å². The predicted molar refractivity (Wildman–Crippen MR) is 165 cm³/mol. The molecule has 0 aliphatic carbocycles. The first-order valence-electron chi connectivity index (χ1n) is 12.9. The van der Waals surface area contributed by atoms with E-state index in [1.54, 1.807) is 46.8 Å². The van der Waals surface area contributed by atoms with Gasteiger partial charge in [0.15, 0.2) is 0 Å². The van der Waals surface area contributed by atoms with Crippen molar-refractivity contribution < 1.29 is 57.6 Å². The van der Waals surface area contributed by atoms with Crippen LogP contribution in [0.1, 0.15) is 55.3 Å². The zero-order valence-electron chi connectivity index (χ0n) is 25.5. The average Bonchev–Trinajstić information content (AvgIpc) is 2.96. The van der Waals surface area contributed by atoms with Crippen molar-refractivity contribution in [3.63, 3.8) is 0 Å². The summed E-state index contributed by atoms with van der Waals surface area (Å²) in [6, 6.07) is 11.9. The highest BCUT2D eigenvalue weighted by Crippen LogP contribution is 2.22. The number of benzene rings is 2. The van der Waals surface area contributed by atoms with Crippen molar-refractivity contribution in [1.29, 1.82) is 0 Å². The van der Waals surface area contributed by atoms with Crippen molar-refractivity contribution in [2.24, 2.45) is 0 Å². The maximum atomic E-state index is 12.1. The average molecular weight is 617 g/mol. The Kier molecular flexibility index (Phi) is 21.0. The number of hydrogen-bond donors (Lipinski definition) is 1. The van der Waals surface area contributed by atoms with Crippen LogP contribution in [0.2, 0.25) is 0 Å². The molecule has 15 heteroatoms. The summed E-state index contributed by atoms with van der Waals surface area (Å²) in [5, 5.41) is 8.88. The zero-order valence-corrected chi connectivity index (χ0v) is 25.5. The van der Waals surface area contributed by atoms with Crippen LogP contribution in [-0.2, 0) is 33.4 Å². The summed E-state index contributed by atoms with van der Waals surface area (Å²) >= 11 is 0. The van der Waals surface area contributed by atoms with Gasteiger partial charge >= 0.3 is 35.8 Å². The molecule has 0 bridgehead atoms. The first-order valence-corrected chi connectivity index (χ1v) is 12.9. The van der Waals surface area contributed by atoms with Crippen molar-refractivity contribution in [2.75, 3.05) is 13.2 Å². The standard InChI is InChI=1S/C17H20O6.C13H12O6.B2.B/c1-5-21-14(18)10-11-15(19)22-13-9-7-6-8-12(13)16(20)23-17(2,3)4;1-2-18-11(14)7-8-12(15)19-10-6-4-3-5-9(10)13(16)17;1-2;/h6-11H,5H2,1-4H3;3-8H,2H2,1H3,(H,16,17);;/b11-10+;8-7+;;. The number of ether oxygens (including phenoxy) is 5. The SMILES string of the molecule is CCOC(=O)/C=C/C(=O)Oc1ccccc1C(=O)O.CCOC(=O)/C=C/C(=O)Oc1ccccc1C(=O)OC(C)(C)C.[B].[B][B]. The Hall–Kier alpha value is -5.07. The number of carbonyl (C=O) groups excluding carboxylic acids is 5. The Balaban J connectivity index is 0. The van der Waals surface area contributed by atoms with Crippen molar-refractivity contribution >= 4 is 59.7 Å². The molecule has 0 fully saturated rings. The molecular weight excluding hydrogens is 585 g/mol. The first kappa shape index (κ1) is 42.1. The highest BCUT2D eigenvalue weighted by atomic mass is 16.6. The molecule has 7 radical (unpaired) electrons. The normalized spacial score (nSPS) is 10.1. The predicted octanol–water partition coefficient (Wildman–Crippen LogP) is 2.93. The first-order chi connectivity index (χ1) is 20.8. The van der Waals surface area contributed by atoms with E-state index < -0.39 is 41.4 Å². The van der Waals surface area contributed by atoms with Gasteiger partial charge in [-0.15, -0.1) is 0 Å². The Morgan fingerprint density at radius 1 is 0.667 bits per heavy atom. The minimum atomic E-state index is -1.21. The molecule has 0 spiro atoms. The molecule has 0 saturated carbocycles. The minimum absolute atomic E-state index is 0.